The van der Waals surface area contributed by atoms with Gasteiger partial charge in [-0.05, 0) is 49.6 Å². The van der Waals surface area contributed by atoms with Crippen molar-refractivity contribution in [2.24, 2.45) is 5.73 Å². The zero-order chi connectivity index (χ0) is 15.4. The Morgan fingerprint density at radius 2 is 1.95 bits per heavy atom. The molecule has 2 aromatic carbocycles. The number of nitrogens with zero attached hydrogens (tertiary/aromatic N) is 1. The van der Waals surface area contributed by atoms with Crippen molar-refractivity contribution in [3.63, 3.8) is 0 Å². The second kappa shape index (κ2) is 6.72. The Bertz CT molecular complexity index is 608. The molecule has 2 rings (SSSR count). The molecule has 3 heteroatoms. The van der Waals surface area contributed by atoms with Gasteiger partial charge in [0.2, 0.25) is 0 Å². The van der Waals surface area contributed by atoms with Crippen molar-refractivity contribution in [1.29, 1.82) is 0 Å². The van der Waals surface area contributed by atoms with Gasteiger partial charge >= 0.3 is 0 Å². The Morgan fingerprint density at radius 1 is 1.19 bits per heavy atom. The number of rotatable bonds is 5. The van der Waals surface area contributed by atoms with E-state index in [2.05, 4.69) is 30.0 Å². The van der Waals surface area contributed by atoms with E-state index < -0.39 is 0 Å². The molecule has 2 N–H and O–H groups in total. The summed E-state index contributed by atoms with van der Waals surface area (Å²) in [5, 5.41) is 0. The molecule has 0 fully saturated rings. The Kier molecular flexibility index (Phi) is 4.97. The van der Waals surface area contributed by atoms with Gasteiger partial charge in [0, 0.05) is 25.3 Å². The fourth-order valence-electron chi connectivity index (χ4n) is 2.59. The van der Waals surface area contributed by atoms with E-state index in [0.717, 1.165) is 17.7 Å². The van der Waals surface area contributed by atoms with Crippen LogP contribution in [0.5, 0.6) is 0 Å². The Hall–Kier alpha value is -1.87. The van der Waals surface area contributed by atoms with Crippen molar-refractivity contribution in [2.45, 2.75) is 32.9 Å². The van der Waals surface area contributed by atoms with Crippen molar-refractivity contribution in [2.75, 3.05) is 11.9 Å². The predicted molar refractivity (Wildman–Crippen MR) is 87.0 cm³/mol. The van der Waals surface area contributed by atoms with E-state index in [0.29, 0.717) is 6.54 Å². The zero-order valence-corrected chi connectivity index (χ0v) is 12.9. The second-order valence-electron chi connectivity index (χ2n) is 5.80. The highest BCUT2D eigenvalue weighted by atomic mass is 19.1. The van der Waals surface area contributed by atoms with Crippen LogP contribution in [0, 0.1) is 12.7 Å². The van der Waals surface area contributed by atoms with Gasteiger partial charge in [-0.25, -0.2) is 4.39 Å². The van der Waals surface area contributed by atoms with Crippen molar-refractivity contribution in [3.05, 3.63) is 65.0 Å². The smallest absolute Gasteiger partial charge is 0.123 e. The van der Waals surface area contributed by atoms with Crippen LogP contribution in [0.2, 0.25) is 0 Å². The summed E-state index contributed by atoms with van der Waals surface area (Å²) in [6.07, 6.45) is 0.838. The Balaban J connectivity index is 2.23. The van der Waals surface area contributed by atoms with Crippen LogP contribution in [0.1, 0.15) is 23.6 Å². The van der Waals surface area contributed by atoms with Gasteiger partial charge in [-0.2, -0.15) is 0 Å². The van der Waals surface area contributed by atoms with Crippen molar-refractivity contribution in [1.82, 2.24) is 0 Å². The monoisotopic (exact) mass is 286 g/mol. The van der Waals surface area contributed by atoms with Crippen molar-refractivity contribution in [3.8, 4) is 0 Å². The molecule has 1 unspecified atom stereocenters. The first-order valence-electron chi connectivity index (χ1n) is 7.26. The molecule has 0 bridgehead atoms. The lowest BCUT2D eigenvalue weighted by atomic mass is 10.0. The average molecular weight is 286 g/mol. The highest BCUT2D eigenvalue weighted by molar-refractivity contribution is 5.55. The van der Waals surface area contributed by atoms with Crippen LogP contribution in [-0.2, 0) is 13.0 Å². The molecule has 0 saturated heterocycles. The maximum atomic E-state index is 13.3. The van der Waals surface area contributed by atoms with Crippen LogP contribution in [0.3, 0.4) is 0 Å². The molecule has 2 aromatic rings. The van der Waals surface area contributed by atoms with Crippen LogP contribution in [0.4, 0.5) is 10.1 Å². The summed E-state index contributed by atoms with van der Waals surface area (Å²) in [6, 6.07) is 13.3. The summed E-state index contributed by atoms with van der Waals surface area (Å²) in [7, 11) is 2.03. The number of benzene rings is 2. The third-order valence-electron chi connectivity index (χ3n) is 3.50. The van der Waals surface area contributed by atoms with Gasteiger partial charge in [0.15, 0.2) is 0 Å². The average Bonchev–Trinajstić information content (AvgIpc) is 2.37. The maximum Gasteiger partial charge on any atom is 0.123 e. The maximum absolute atomic E-state index is 13.3. The van der Waals surface area contributed by atoms with Crippen LogP contribution < -0.4 is 10.6 Å². The molecule has 0 spiro atoms. The first-order valence-corrected chi connectivity index (χ1v) is 7.26. The molecular formula is C18H23FN2. The minimum Gasteiger partial charge on any atom is -0.370 e. The molecule has 21 heavy (non-hydrogen) atoms. The topological polar surface area (TPSA) is 29.3 Å². The third-order valence-corrected chi connectivity index (χ3v) is 3.50. The number of nitrogens with two attached hydrogens (primary N) is 1. The molecule has 0 aliphatic heterocycles. The number of hydrogen-bond acceptors (Lipinski definition) is 2. The van der Waals surface area contributed by atoms with Crippen LogP contribution in [-0.4, -0.2) is 13.1 Å². The number of halogens is 1. The lowest BCUT2D eigenvalue weighted by Gasteiger charge is -2.24. The minimum atomic E-state index is -0.194. The van der Waals surface area contributed by atoms with Gasteiger partial charge in [0.05, 0.1) is 0 Å². The van der Waals surface area contributed by atoms with E-state index in [4.69, 9.17) is 5.73 Å². The lowest BCUT2D eigenvalue weighted by Crippen LogP contribution is -2.22. The van der Waals surface area contributed by atoms with E-state index in [-0.39, 0.29) is 11.9 Å². The van der Waals surface area contributed by atoms with Crippen molar-refractivity contribution < 1.29 is 4.39 Å². The molecule has 0 aliphatic carbocycles. The quantitative estimate of drug-likeness (QED) is 0.909. The van der Waals surface area contributed by atoms with Gasteiger partial charge in [0.1, 0.15) is 5.82 Å². The lowest BCUT2D eigenvalue weighted by molar-refractivity contribution is 0.625. The SMILES string of the molecule is Cc1ccc(N(C)Cc2cccc(F)c2)c(CC(C)N)c1. The first kappa shape index (κ1) is 15.5. The number of anilines is 1. The Morgan fingerprint density at radius 3 is 2.62 bits per heavy atom. The van der Waals surface area contributed by atoms with Crippen LogP contribution in [0.25, 0.3) is 0 Å². The third kappa shape index (κ3) is 4.30. The fraction of sp³-hybridized carbons (Fsp3) is 0.333. The van der Waals surface area contributed by atoms with Gasteiger partial charge in [-0.3, -0.25) is 0 Å². The van der Waals surface area contributed by atoms with E-state index in [9.17, 15) is 4.39 Å². The number of hydrogen-bond donors (Lipinski definition) is 1. The molecule has 0 saturated carbocycles. The molecule has 0 heterocycles. The van der Waals surface area contributed by atoms with E-state index in [1.54, 1.807) is 12.1 Å². The van der Waals surface area contributed by atoms with Gasteiger partial charge in [-0.1, -0.05) is 29.8 Å². The molecule has 0 aliphatic rings. The van der Waals surface area contributed by atoms with Crippen LogP contribution in [0.15, 0.2) is 42.5 Å². The fourth-order valence-corrected chi connectivity index (χ4v) is 2.59. The molecule has 112 valence electrons. The summed E-state index contributed by atoms with van der Waals surface area (Å²) in [6.45, 7) is 4.77. The van der Waals surface area contributed by atoms with Gasteiger partial charge in [-0.15, -0.1) is 0 Å². The highest BCUT2D eigenvalue weighted by Gasteiger charge is 2.10. The predicted octanol–water partition coefficient (Wildman–Crippen LogP) is 3.66. The highest BCUT2D eigenvalue weighted by Crippen LogP contribution is 2.24. The van der Waals surface area contributed by atoms with Crippen molar-refractivity contribution >= 4 is 5.69 Å². The molecular weight excluding hydrogens is 263 g/mol. The molecule has 0 aromatic heterocycles. The number of aryl methyl sites for hydroxylation is 1. The summed E-state index contributed by atoms with van der Waals surface area (Å²) in [5.41, 5.74) is 10.5. The van der Waals surface area contributed by atoms with Crippen LogP contribution >= 0.6 is 0 Å². The largest absolute Gasteiger partial charge is 0.370 e. The molecule has 1 atom stereocenters. The van der Waals surface area contributed by atoms with Gasteiger partial charge < -0.3 is 10.6 Å². The first-order chi connectivity index (χ1) is 9.95. The minimum absolute atomic E-state index is 0.119. The zero-order valence-electron chi connectivity index (χ0n) is 12.9. The molecule has 2 nitrogen and oxygen atoms in total. The summed E-state index contributed by atoms with van der Waals surface area (Å²) >= 11 is 0. The second-order valence-corrected chi connectivity index (χ2v) is 5.80. The van der Waals surface area contributed by atoms with Gasteiger partial charge in [0.25, 0.3) is 0 Å². The molecule has 0 amide bonds. The summed E-state index contributed by atoms with van der Waals surface area (Å²) in [5.74, 6) is -0.194. The van der Waals surface area contributed by atoms with E-state index >= 15 is 0 Å². The molecule has 0 radical (unpaired) electrons. The summed E-state index contributed by atoms with van der Waals surface area (Å²) in [4.78, 5) is 2.14. The van der Waals surface area contributed by atoms with E-state index in [1.807, 2.05) is 20.0 Å². The standard InChI is InChI=1S/C18H23FN2/c1-13-7-8-18(16(9-13)10-14(2)20)21(3)12-15-5-4-6-17(19)11-15/h4-9,11,14H,10,12,20H2,1-3H3. The normalized spacial score (nSPS) is 12.2. The summed E-state index contributed by atoms with van der Waals surface area (Å²) < 4.78 is 13.3. The van der Waals surface area contributed by atoms with E-state index in [1.165, 1.54) is 17.2 Å². The Labute approximate surface area is 126 Å².